The van der Waals surface area contributed by atoms with E-state index in [1.165, 1.54) is 17.7 Å². The Labute approximate surface area is 191 Å². The molecule has 33 heavy (non-hydrogen) atoms. The van der Waals surface area contributed by atoms with E-state index in [9.17, 15) is 15.2 Å². The van der Waals surface area contributed by atoms with Crippen molar-refractivity contribution in [3.05, 3.63) is 36.3 Å². The molecule has 10 nitrogen and oxygen atoms in total. The maximum absolute atomic E-state index is 11.2. The van der Waals surface area contributed by atoms with Crippen LogP contribution in [0.3, 0.4) is 0 Å². The first-order valence-electron chi connectivity index (χ1n) is 11.4. The number of aromatic nitrogens is 4. The molecule has 5 rings (SSSR count). The first kappa shape index (κ1) is 21.0. The minimum atomic E-state index is -0.868. The van der Waals surface area contributed by atoms with E-state index in [0.717, 1.165) is 42.5 Å². The highest BCUT2D eigenvalue weighted by Crippen LogP contribution is 2.34. The van der Waals surface area contributed by atoms with Gasteiger partial charge in [0.25, 0.3) is 0 Å². The first-order valence-corrected chi connectivity index (χ1v) is 11.4. The van der Waals surface area contributed by atoms with Crippen LogP contribution >= 0.6 is 0 Å². The molecule has 1 saturated heterocycles. The summed E-state index contributed by atoms with van der Waals surface area (Å²) in [6.45, 7) is 2.46. The van der Waals surface area contributed by atoms with Crippen molar-refractivity contribution in [1.29, 1.82) is 5.26 Å². The molecule has 2 fully saturated rings. The van der Waals surface area contributed by atoms with Crippen LogP contribution in [0.5, 0.6) is 0 Å². The number of hydrogen-bond donors (Lipinski definition) is 2. The summed E-state index contributed by atoms with van der Waals surface area (Å²) in [5, 5.41) is 22.8. The molecular formula is C23H26N8O2. The zero-order chi connectivity index (χ0) is 22.8. The van der Waals surface area contributed by atoms with Crippen molar-refractivity contribution >= 4 is 34.6 Å². The third-order valence-electron chi connectivity index (χ3n) is 6.50. The minimum absolute atomic E-state index is 0.308. The smallest absolute Gasteiger partial charge is 0.407 e. The Morgan fingerprint density at radius 2 is 1.94 bits per heavy atom. The fourth-order valence-electron chi connectivity index (χ4n) is 4.81. The molecule has 3 aromatic heterocycles. The summed E-state index contributed by atoms with van der Waals surface area (Å²) in [4.78, 5) is 28.5. The van der Waals surface area contributed by atoms with Crippen LogP contribution in [-0.4, -0.2) is 61.8 Å². The van der Waals surface area contributed by atoms with Gasteiger partial charge in [-0.2, -0.15) is 10.2 Å². The molecule has 0 radical (unpaired) electrons. The highest BCUT2D eigenvalue weighted by molar-refractivity contribution is 5.79. The molecule has 0 unspecified atom stereocenters. The fourth-order valence-corrected chi connectivity index (χ4v) is 4.81. The van der Waals surface area contributed by atoms with Crippen LogP contribution in [0.25, 0.3) is 11.0 Å². The van der Waals surface area contributed by atoms with Gasteiger partial charge in [0.05, 0.1) is 11.9 Å². The number of carboxylic acid groups (broad SMARTS) is 1. The third kappa shape index (κ3) is 4.26. The van der Waals surface area contributed by atoms with Gasteiger partial charge in [0, 0.05) is 43.8 Å². The van der Waals surface area contributed by atoms with Crippen LogP contribution in [0, 0.1) is 11.3 Å². The highest BCUT2D eigenvalue weighted by Gasteiger charge is 2.23. The molecule has 0 bridgehead atoms. The van der Waals surface area contributed by atoms with Crippen molar-refractivity contribution in [2.75, 3.05) is 36.4 Å². The second-order valence-corrected chi connectivity index (χ2v) is 8.56. The summed E-state index contributed by atoms with van der Waals surface area (Å²) in [5.74, 6) is 1.07. The van der Waals surface area contributed by atoms with E-state index in [1.807, 2.05) is 18.2 Å². The quantitative estimate of drug-likeness (QED) is 0.621. The number of amides is 1. The van der Waals surface area contributed by atoms with Crippen molar-refractivity contribution in [3.8, 4) is 6.07 Å². The average molecular weight is 447 g/mol. The number of nitrogens with zero attached hydrogens (tertiary/aromatic N) is 7. The number of nitriles is 1. The number of carbonyl (C=O) groups is 1. The standard InChI is InChI=1S/C23H26N8O2/c24-13-19-12-16-14-26-22(28-21(16)31(19)17-4-1-2-5-17)27-20-7-6-18(15-25-20)29-8-3-9-30(11-10-29)23(32)33/h6-7,12,14-15,17H,1-5,8-11H2,(H,32,33)(H,25,26,27,28). The van der Waals surface area contributed by atoms with Crippen molar-refractivity contribution < 1.29 is 9.90 Å². The van der Waals surface area contributed by atoms with Crippen LogP contribution in [0.4, 0.5) is 22.2 Å². The monoisotopic (exact) mass is 446 g/mol. The lowest BCUT2D eigenvalue weighted by Crippen LogP contribution is -2.34. The topological polar surface area (TPSA) is 123 Å². The molecule has 2 aliphatic rings. The number of nitrogens with one attached hydrogen (secondary N) is 1. The Morgan fingerprint density at radius 1 is 1.09 bits per heavy atom. The van der Waals surface area contributed by atoms with E-state index in [-0.39, 0.29) is 0 Å². The van der Waals surface area contributed by atoms with Crippen LogP contribution in [0.2, 0.25) is 0 Å². The Bertz CT molecular complexity index is 1190. The predicted octanol–water partition coefficient (Wildman–Crippen LogP) is 3.75. The van der Waals surface area contributed by atoms with Gasteiger partial charge in [0.15, 0.2) is 0 Å². The Kier molecular flexibility index (Phi) is 5.69. The molecule has 170 valence electrons. The predicted molar refractivity (Wildman–Crippen MR) is 124 cm³/mol. The molecule has 4 heterocycles. The first-order chi connectivity index (χ1) is 16.1. The van der Waals surface area contributed by atoms with E-state index >= 15 is 0 Å². The summed E-state index contributed by atoms with van der Waals surface area (Å²) in [7, 11) is 0. The summed E-state index contributed by atoms with van der Waals surface area (Å²) in [6, 6.07) is 8.32. The van der Waals surface area contributed by atoms with E-state index in [1.54, 1.807) is 12.4 Å². The van der Waals surface area contributed by atoms with Gasteiger partial charge in [-0.3, -0.25) is 0 Å². The molecule has 0 atom stereocenters. The van der Waals surface area contributed by atoms with Gasteiger partial charge < -0.3 is 24.8 Å². The molecule has 1 saturated carbocycles. The van der Waals surface area contributed by atoms with Gasteiger partial charge in [-0.15, -0.1) is 0 Å². The summed E-state index contributed by atoms with van der Waals surface area (Å²) in [5.41, 5.74) is 2.36. The zero-order valence-corrected chi connectivity index (χ0v) is 18.3. The van der Waals surface area contributed by atoms with Gasteiger partial charge in [0.1, 0.15) is 23.2 Å². The van der Waals surface area contributed by atoms with Crippen molar-refractivity contribution in [2.24, 2.45) is 0 Å². The lowest BCUT2D eigenvalue weighted by Gasteiger charge is -2.22. The van der Waals surface area contributed by atoms with Crippen molar-refractivity contribution in [2.45, 2.75) is 38.1 Å². The van der Waals surface area contributed by atoms with Crippen molar-refractivity contribution in [1.82, 2.24) is 24.4 Å². The molecule has 2 N–H and O–H groups in total. The van der Waals surface area contributed by atoms with E-state index in [0.29, 0.717) is 43.1 Å². The summed E-state index contributed by atoms with van der Waals surface area (Å²) >= 11 is 0. The number of fused-ring (bicyclic) bond motifs is 1. The van der Waals surface area contributed by atoms with Gasteiger partial charge in [0.2, 0.25) is 5.95 Å². The third-order valence-corrected chi connectivity index (χ3v) is 6.50. The Morgan fingerprint density at radius 3 is 2.67 bits per heavy atom. The largest absolute Gasteiger partial charge is 0.465 e. The molecule has 0 aromatic carbocycles. The molecule has 1 aliphatic carbocycles. The van der Waals surface area contributed by atoms with Crippen LogP contribution < -0.4 is 10.2 Å². The SMILES string of the molecule is N#Cc1cc2cnc(Nc3ccc(N4CCCN(C(=O)O)CC4)cn3)nc2n1C1CCCC1. The zero-order valence-electron chi connectivity index (χ0n) is 18.3. The molecular weight excluding hydrogens is 420 g/mol. The Balaban J connectivity index is 1.33. The number of rotatable bonds is 4. The van der Waals surface area contributed by atoms with E-state index in [4.69, 9.17) is 4.98 Å². The number of anilines is 3. The summed E-state index contributed by atoms with van der Waals surface area (Å²) < 4.78 is 2.06. The second kappa shape index (κ2) is 8.94. The average Bonchev–Trinajstić information content (AvgIpc) is 3.40. The second-order valence-electron chi connectivity index (χ2n) is 8.56. The number of pyridine rings is 1. The normalized spacial score (nSPS) is 17.2. The van der Waals surface area contributed by atoms with E-state index in [2.05, 4.69) is 30.8 Å². The molecule has 10 heteroatoms. The van der Waals surface area contributed by atoms with Crippen LogP contribution in [0.1, 0.15) is 43.8 Å². The lowest BCUT2D eigenvalue weighted by atomic mass is 10.2. The van der Waals surface area contributed by atoms with Gasteiger partial charge in [-0.1, -0.05) is 12.8 Å². The van der Waals surface area contributed by atoms with Gasteiger partial charge in [-0.05, 0) is 37.5 Å². The number of hydrogen-bond acceptors (Lipinski definition) is 7. The van der Waals surface area contributed by atoms with Crippen molar-refractivity contribution in [3.63, 3.8) is 0 Å². The molecule has 0 spiro atoms. The Hall–Kier alpha value is -3.87. The molecule has 1 amide bonds. The minimum Gasteiger partial charge on any atom is -0.465 e. The van der Waals surface area contributed by atoms with Crippen LogP contribution in [0.15, 0.2) is 30.6 Å². The van der Waals surface area contributed by atoms with Gasteiger partial charge >= 0.3 is 6.09 Å². The maximum atomic E-state index is 11.2. The lowest BCUT2D eigenvalue weighted by molar-refractivity contribution is 0.148. The molecule has 3 aromatic rings. The molecule has 1 aliphatic heterocycles. The van der Waals surface area contributed by atoms with Crippen LogP contribution in [-0.2, 0) is 0 Å². The van der Waals surface area contributed by atoms with E-state index < -0.39 is 6.09 Å². The summed E-state index contributed by atoms with van der Waals surface area (Å²) in [6.07, 6.45) is 7.92. The highest BCUT2D eigenvalue weighted by atomic mass is 16.4. The van der Waals surface area contributed by atoms with Gasteiger partial charge in [-0.25, -0.2) is 14.8 Å². The maximum Gasteiger partial charge on any atom is 0.407 e. The fraction of sp³-hybridized carbons (Fsp3) is 0.435.